The molecule has 0 N–H and O–H groups in total. The zero-order chi connectivity index (χ0) is 22.2. The fraction of sp³-hybridized carbons (Fsp3) is 0.0625. The summed E-state index contributed by atoms with van der Waals surface area (Å²) in [5.41, 5.74) is 7.43. The molecule has 0 unspecified atom stereocenters. The summed E-state index contributed by atoms with van der Waals surface area (Å²) < 4.78 is 0. The first kappa shape index (κ1) is 21.3. The molecule has 0 nitrogen and oxygen atoms in total. The van der Waals surface area contributed by atoms with E-state index < -0.39 is 0 Å². The third kappa shape index (κ3) is 5.62. The summed E-state index contributed by atoms with van der Waals surface area (Å²) in [5.74, 6) is 0. The van der Waals surface area contributed by atoms with Gasteiger partial charge < -0.3 is 0 Å². The Morgan fingerprint density at radius 2 is 0.781 bits per heavy atom. The van der Waals surface area contributed by atoms with Gasteiger partial charge in [0.1, 0.15) is 0 Å². The van der Waals surface area contributed by atoms with Crippen LogP contribution in [-0.4, -0.2) is 0 Å². The number of benzene rings is 4. The van der Waals surface area contributed by atoms with Crippen molar-refractivity contribution in [2.24, 2.45) is 0 Å². The third-order valence-electron chi connectivity index (χ3n) is 5.50. The van der Waals surface area contributed by atoms with E-state index in [0.717, 1.165) is 0 Å². The van der Waals surface area contributed by atoms with Gasteiger partial charge in [0.25, 0.3) is 0 Å². The Morgan fingerprint density at radius 1 is 0.406 bits per heavy atom. The van der Waals surface area contributed by atoms with Gasteiger partial charge in [0.05, 0.1) is 0 Å². The third-order valence-corrected chi connectivity index (χ3v) is 5.50. The van der Waals surface area contributed by atoms with E-state index in [1.165, 1.54) is 44.2 Å². The highest BCUT2D eigenvalue weighted by Gasteiger charge is 2.00. The maximum atomic E-state index is 2.19. The second-order valence-corrected chi connectivity index (χ2v) is 8.05. The molecule has 0 aliphatic rings. The topological polar surface area (TPSA) is 0 Å². The second-order valence-electron chi connectivity index (χ2n) is 8.05. The summed E-state index contributed by atoms with van der Waals surface area (Å²) in [4.78, 5) is 0. The fourth-order valence-electron chi connectivity index (χ4n) is 3.66. The number of hydrogen-bond donors (Lipinski definition) is 0. The molecule has 156 valence electrons. The standard InChI is InChI=1S/C32H28/c1-25-17-21-27(22-18-25)9-3-5-11-29-13-7-16-32-30(14-8-15-31(29)32)12-6-4-10-28-23-19-26(2)20-24-28/h3-24H,1-2H3. The number of allylic oxidation sites excluding steroid dienone is 4. The second kappa shape index (κ2) is 10.4. The van der Waals surface area contributed by atoms with Crippen LogP contribution in [0.25, 0.3) is 35.1 Å². The first-order chi connectivity index (χ1) is 15.7. The lowest BCUT2D eigenvalue weighted by atomic mass is 9.99. The van der Waals surface area contributed by atoms with Crippen molar-refractivity contribution >= 4 is 35.1 Å². The number of rotatable bonds is 6. The molecule has 0 atom stereocenters. The highest BCUT2D eigenvalue weighted by atomic mass is 14.0. The summed E-state index contributed by atoms with van der Waals surface area (Å²) in [5, 5.41) is 2.52. The van der Waals surface area contributed by atoms with Crippen LogP contribution in [0.2, 0.25) is 0 Å². The van der Waals surface area contributed by atoms with Crippen LogP contribution in [0.1, 0.15) is 33.4 Å². The predicted molar refractivity (Wildman–Crippen MR) is 142 cm³/mol. The van der Waals surface area contributed by atoms with Crippen LogP contribution in [0.4, 0.5) is 0 Å². The zero-order valence-electron chi connectivity index (χ0n) is 18.7. The molecule has 0 saturated heterocycles. The molecule has 0 saturated carbocycles. The first-order valence-electron chi connectivity index (χ1n) is 11.0. The molecule has 0 aliphatic heterocycles. The molecule has 4 rings (SSSR count). The Morgan fingerprint density at radius 3 is 1.19 bits per heavy atom. The minimum Gasteiger partial charge on any atom is -0.0617 e. The van der Waals surface area contributed by atoms with Crippen molar-refractivity contribution in [2.75, 3.05) is 0 Å². The highest BCUT2D eigenvalue weighted by molar-refractivity contribution is 5.96. The molecule has 0 heterocycles. The van der Waals surface area contributed by atoms with E-state index in [2.05, 4.69) is 147 Å². The van der Waals surface area contributed by atoms with E-state index in [1.54, 1.807) is 0 Å². The molecule has 0 spiro atoms. The monoisotopic (exact) mass is 412 g/mol. The first-order valence-corrected chi connectivity index (χ1v) is 11.0. The van der Waals surface area contributed by atoms with Crippen molar-refractivity contribution in [3.8, 4) is 0 Å². The van der Waals surface area contributed by atoms with E-state index in [1.807, 2.05) is 0 Å². The summed E-state index contributed by atoms with van der Waals surface area (Å²) in [6, 6.07) is 30.1. The number of aryl methyl sites for hydroxylation is 2. The molecule has 0 aromatic heterocycles. The van der Waals surface area contributed by atoms with Crippen LogP contribution in [0.15, 0.2) is 109 Å². The van der Waals surface area contributed by atoms with Crippen LogP contribution in [-0.2, 0) is 0 Å². The van der Waals surface area contributed by atoms with Gasteiger partial charge in [-0.3, -0.25) is 0 Å². The molecule has 0 heteroatoms. The van der Waals surface area contributed by atoms with E-state index in [-0.39, 0.29) is 0 Å². The van der Waals surface area contributed by atoms with Crippen molar-refractivity contribution in [1.29, 1.82) is 0 Å². The lowest BCUT2D eigenvalue weighted by Crippen LogP contribution is -1.82. The van der Waals surface area contributed by atoms with Gasteiger partial charge in [-0.05, 0) is 46.9 Å². The lowest BCUT2D eigenvalue weighted by molar-refractivity contribution is 1.46. The Labute approximate surface area is 191 Å². The Bertz CT molecular complexity index is 1190. The smallest absolute Gasteiger partial charge is 0.0105 e. The quantitative estimate of drug-likeness (QED) is 0.277. The Kier molecular flexibility index (Phi) is 6.94. The largest absolute Gasteiger partial charge is 0.0617 e. The molecule has 0 bridgehead atoms. The minimum absolute atomic E-state index is 1.21. The van der Waals surface area contributed by atoms with Gasteiger partial charge in [0, 0.05) is 0 Å². The van der Waals surface area contributed by atoms with Gasteiger partial charge in [-0.2, -0.15) is 0 Å². The van der Waals surface area contributed by atoms with Gasteiger partial charge in [-0.1, -0.05) is 145 Å². The molecular formula is C32H28. The van der Waals surface area contributed by atoms with Gasteiger partial charge in [-0.15, -0.1) is 0 Å². The molecule has 0 aliphatic carbocycles. The van der Waals surface area contributed by atoms with Crippen LogP contribution in [0.3, 0.4) is 0 Å². The summed E-state index contributed by atoms with van der Waals surface area (Å²) in [6.07, 6.45) is 17.1. The van der Waals surface area contributed by atoms with Crippen molar-refractivity contribution in [3.63, 3.8) is 0 Å². The SMILES string of the molecule is Cc1ccc(C=CC=Cc2cccc3c(C=CC=Cc4ccc(C)cc4)cccc23)cc1. The van der Waals surface area contributed by atoms with Gasteiger partial charge >= 0.3 is 0 Å². The van der Waals surface area contributed by atoms with E-state index in [4.69, 9.17) is 0 Å². The molecule has 4 aromatic rings. The minimum atomic E-state index is 1.21. The average molecular weight is 413 g/mol. The average Bonchev–Trinajstić information content (AvgIpc) is 2.82. The van der Waals surface area contributed by atoms with Crippen LogP contribution in [0, 0.1) is 13.8 Å². The summed E-state index contributed by atoms with van der Waals surface area (Å²) in [7, 11) is 0. The molecule has 4 aromatic carbocycles. The Hall–Kier alpha value is -3.90. The lowest BCUT2D eigenvalue weighted by Gasteiger charge is -2.05. The normalized spacial score (nSPS) is 12.2. The maximum absolute atomic E-state index is 2.19. The van der Waals surface area contributed by atoms with Gasteiger partial charge in [-0.25, -0.2) is 0 Å². The molecule has 0 amide bonds. The van der Waals surface area contributed by atoms with Crippen LogP contribution in [0.5, 0.6) is 0 Å². The Balaban J connectivity index is 1.51. The van der Waals surface area contributed by atoms with E-state index in [0.29, 0.717) is 0 Å². The maximum Gasteiger partial charge on any atom is -0.0105 e. The number of hydrogen-bond acceptors (Lipinski definition) is 0. The summed E-state index contributed by atoms with van der Waals surface area (Å²) >= 11 is 0. The summed E-state index contributed by atoms with van der Waals surface area (Å²) in [6.45, 7) is 4.22. The van der Waals surface area contributed by atoms with Gasteiger partial charge in [0.15, 0.2) is 0 Å². The van der Waals surface area contributed by atoms with E-state index >= 15 is 0 Å². The zero-order valence-corrected chi connectivity index (χ0v) is 18.7. The molecule has 0 radical (unpaired) electrons. The van der Waals surface area contributed by atoms with Crippen molar-refractivity contribution in [3.05, 3.63) is 143 Å². The van der Waals surface area contributed by atoms with Crippen molar-refractivity contribution in [2.45, 2.75) is 13.8 Å². The van der Waals surface area contributed by atoms with Crippen molar-refractivity contribution < 1.29 is 0 Å². The van der Waals surface area contributed by atoms with Crippen LogP contribution < -0.4 is 0 Å². The molecular weight excluding hydrogens is 384 g/mol. The van der Waals surface area contributed by atoms with Gasteiger partial charge in [0.2, 0.25) is 0 Å². The number of fused-ring (bicyclic) bond motifs is 1. The molecule has 32 heavy (non-hydrogen) atoms. The van der Waals surface area contributed by atoms with E-state index in [9.17, 15) is 0 Å². The predicted octanol–water partition coefficient (Wildman–Crippen LogP) is 8.91. The molecule has 0 fully saturated rings. The highest BCUT2D eigenvalue weighted by Crippen LogP contribution is 2.24. The van der Waals surface area contributed by atoms with Crippen molar-refractivity contribution in [1.82, 2.24) is 0 Å². The fourth-order valence-corrected chi connectivity index (χ4v) is 3.66. The van der Waals surface area contributed by atoms with Crippen LogP contribution >= 0.6 is 0 Å².